The van der Waals surface area contributed by atoms with Crippen molar-refractivity contribution < 1.29 is 19.7 Å². The average Bonchev–Trinajstić information content (AvgIpc) is 2.62. The van der Waals surface area contributed by atoms with Crippen molar-refractivity contribution in [2.45, 2.75) is 6.92 Å². The fourth-order valence-corrected chi connectivity index (χ4v) is 1.87. The van der Waals surface area contributed by atoms with Crippen molar-refractivity contribution >= 4 is 17.3 Å². The Labute approximate surface area is 145 Å². The number of carbonyl (C=O) groups excluding carboxylic acids is 1. The van der Waals surface area contributed by atoms with Crippen molar-refractivity contribution in [1.82, 2.24) is 0 Å². The predicted octanol–water partition coefficient (Wildman–Crippen LogP) is 3.57. The summed E-state index contributed by atoms with van der Waals surface area (Å²) in [5.74, 6) is -0.242. The Morgan fingerprint density at radius 2 is 1.80 bits per heavy atom. The van der Waals surface area contributed by atoms with E-state index in [1.807, 2.05) is 6.07 Å². The van der Waals surface area contributed by atoms with Crippen LogP contribution >= 0.6 is 0 Å². The van der Waals surface area contributed by atoms with E-state index in [0.29, 0.717) is 17.1 Å². The molecule has 0 aliphatic heterocycles. The number of carbonyl (C=O) groups is 1. The molecule has 0 unspecified atom stereocenters. The smallest absolute Gasteiger partial charge is 0.279 e. The van der Waals surface area contributed by atoms with E-state index in [2.05, 4.69) is 15.5 Å². The first-order valence-electron chi connectivity index (χ1n) is 7.62. The molecule has 0 spiro atoms. The first-order valence-corrected chi connectivity index (χ1v) is 7.62. The van der Waals surface area contributed by atoms with Crippen LogP contribution in [0.3, 0.4) is 0 Å². The van der Waals surface area contributed by atoms with Crippen molar-refractivity contribution in [3.05, 3.63) is 66.1 Å². The number of nitrogens with one attached hydrogen (secondary N) is 1. The van der Waals surface area contributed by atoms with Crippen LogP contribution in [0.2, 0.25) is 0 Å². The van der Waals surface area contributed by atoms with E-state index in [9.17, 15) is 9.90 Å². The second kappa shape index (κ2) is 9.19. The summed E-state index contributed by atoms with van der Waals surface area (Å²) >= 11 is 0. The maximum Gasteiger partial charge on any atom is 0.279 e. The maximum atomic E-state index is 12.3. The minimum absolute atomic E-state index is 0.0746. The highest BCUT2D eigenvalue weighted by molar-refractivity contribution is 6.03. The lowest BCUT2D eigenvalue weighted by Crippen LogP contribution is -2.14. The van der Waals surface area contributed by atoms with Crippen LogP contribution in [-0.2, 0) is 4.79 Å². The third-order valence-electron chi connectivity index (χ3n) is 3.05. The summed E-state index contributed by atoms with van der Waals surface area (Å²) in [5.41, 5.74) is 0.902. The largest absolute Gasteiger partial charge is 0.510 e. The molecule has 0 aliphatic carbocycles. The predicted molar refractivity (Wildman–Crippen MR) is 93.9 cm³/mol. The Balaban J connectivity index is 2.06. The Morgan fingerprint density at radius 1 is 1.12 bits per heavy atom. The Hall–Kier alpha value is -3.19. The first-order chi connectivity index (χ1) is 12.1. The van der Waals surface area contributed by atoms with E-state index in [1.54, 1.807) is 48.5 Å². The molecule has 2 rings (SSSR count). The molecule has 7 heteroatoms. The summed E-state index contributed by atoms with van der Waals surface area (Å²) in [6.45, 7) is 1.49. The summed E-state index contributed by atoms with van der Waals surface area (Å²) in [4.78, 5) is 12.3. The van der Waals surface area contributed by atoms with Crippen LogP contribution in [0.1, 0.15) is 6.92 Å². The van der Waals surface area contributed by atoms with Gasteiger partial charge < -0.3 is 20.3 Å². The van der Waals surface area contributed by atoms with Crippen LogP contribution < -0.4 is 10.1 Å². The molecule has 0 atom stereocenters. The van der Waals surface area contributed by atoms with E-state index in [4.69, 9.17) is 9.84 Å². The standard InChI is InChI=1S/C18H19N3O4/c1-13(23)17(21-20-15-5-3-2-4-6-15)18(24)19-14-7-9-16(10-8-14)25-12-11-22/h2-10,22-23H,11-12H2,1H3,(H,19,24). The van der Waals surface area contributed by atoms with Crippen molar-refractivity contribution in [2.75, 3.05) is 18.5 Å². The molecule has 0 saturated heterocycles. The van der Waals surface area contributed by atoms with Gasteiger partial charge in [-0.25, -0.2) is 0 Å². The minimum atomic E-state index is -0.580. The van der Waals surface area contributed by atoms with Gasteiger partial charge in [0.1, 0.15) is 18.1 Å². The van der Waals surface area contributed by atoms with Crippen molar-refractivity contribution in [2.24, 2.45) is 10.2 Å². The lowest BCUT2D eigenvalue weighted by molar-refractivity contribution is -0.113. The van der Waals surface area contributed by atoms with Gasteiger partial charge in [0.05, 0.1) is 12.3 Å². The number of azo groups is 1. The lowest BCUT2D eigenvalue weighted by Gasteiger charge is -2.08. The SMILES string of the molecule is CC(O)=C(N=Nc1ccccc1)C(=O)Nc1ccc(OCCO)cc1. The van der Waals surface area contributed by atoms with E-state index in [1.165, 1.54) is 6.92 Å². The first kappa shape index (κ1) is 18.2. The van der Waals surface area contributed by atoms with Gasteiger partial charge >= 0.3 is 0 Å². The number of allylic oxidation sites excluding steroid dienone is 1. The highest BCUT2D eigenvalue weighted by Gasteiger charge is 2.13. The Kier molecular flexibility index (Phi) is 6.67. The second-order valence-electron chi connectivity index (χ2n) is 5.02. The zero-order valence-corrected chi connectivity index (χ0v) is 13.7. The van der Waals surface area contributed by atoms with Gasteiger partial charge in [0, 0.05) is 5.69 Å². The molecule has 0 radical (unpaired) electrons. The molecule has 1 amide bonds. The summed E-state index contributed by atoms with van der Waals surface area (Å²) in [6, 6.07) is 15.5. The van der Waals surface area contributed by atoms with Crippen molar-refractivity contribution in [3.63, 3.8) is 0 Å². The molecule has 0 saturated carbocycles. The number of anilines is 1. The van der Waals surface area contributed by atoms with Gasteiger partial charge in [-0.15, -0.1) is 5.11 Å². The molecule has 0 bridgehead atoms. The molecule has 2 aromatic rings. The molecule has 0 aliphatic rings. The number of nitrogens with zero attached hydrogens (tertiary/aromatic N) is 2. The molecule has 2 aromatic carbocycles. The van der Waals surface area contributed by atoms with E-state index < -0.39 is 5.91 Å². The van der Waals surface area contributed by atoms with Crippen molar-refractivity contribution in [1.29, 1.82) is 0 Å². The fraction of sp³-hybridized carbons (Fsp3) is 0.167. The van der Waals surface area contributed by atoms with Gasteiger partial charge in [0.25, 0.3) is 5.91 Å². The quantitative estimate of drug-likeness (QED) is 0.407. The van der Waals surface area contributed by atoms with Gasteiger partial charge in [0.2, 0.25) is 0 Å². The average molecular weight is 341 g/mol. The molecular formula is C18H19N3O4. The number of hydrogen-bond donors (Lipinski definition) is 3. The number of rotatable bonds is 7. The minimum Gasteiger partial charge on any atom is -0.510 e. The summed E-state index contributed by atoms with van der Waals surface area (Å²) < 4.78 is 5.24. The van der Waals surface area contributed by atoms with Crippen molar-refractivity contribution in [3.8, 4) is 5.75 Å². The molecule has 0 heterocycles. The number of hydrogen-bond acceptors (Lipinski definition) is 6. The van der Waals surface area contributed by atoms with Gasteiger partial charge in [-0.1, -0.05) is 18.2 Å². The fourth-order valence-electron chi connectivity index (χ4n) is 1.87. The molecule has 0 fully saturated rings. The Morgan fingerprint density at radius 3 is 2.40 bits per heavy atom. The van der Waals surface area contributed by atoms with Crippen LogP contribution in [0, 0.1) is 0 Å². The zero-order valence-electron chi connectivity index (χ0n) is 13.7. The van der Waals surface area contributed by atoms with E-state index >= 15 is 0 Å². The third-order valence-corrected chi connectivity index (χ3v) is 3.05. The molecule has 0 aromatic heterocycles. The van der Waals surface area contributed by atoms with Gasteiger partial charge in [-0.2, -0.15) is 5.11 Å². The summed E-state index contributed by atoms with van der Waals surface area (Å²) in [6.07, 6.45) is 0. The summed E-state index contributed by atoms with van der Waals surface area (Å²) in [7, 11) is 0. The number of aliphatic hydroxyl groups is 2. The molecule has 3 N–H and O–H groups in total. The third kappa shape index (κ3) is 5.74. The number of aliphatic hydroxyl groups excluding tert-OH is 2. The number of amides is 1. The monoisotopic (exact) mass is 341 g/mol. The normalized spacial score (nSPS) is 11.9. The molecule has 130 valence electrons. The summed E-state index contributed by atoms with van der Waals surface area (Å²) in [5, 5.41) is 28.8. The van der Waals surface area contributed by atoms with Gasteiger partial charge in [0.15, 0.2) is 5.70 Å². The molecule has 7 nitrogen and oxygen atoms in total. The van der Waals surface area contributed by atoms with Crippen LogP contribution in [0.5, 0.6) is 5.75 Å². The number of ether oxygens (including phenoxy) is 1. The number of benzene rings is 2. The second-order valence-corrected chi connectivity index (χ2v) is 5.02. The maximum absolute atomic E-state index is 12.3. The van der Waals surface area contributed by atoms with E-state index in [0.717, 1.165) is 0 Å². The topological polar surface area (TPSA) is 104 Å². The zero-order chi connectivity index (χ0) is 18.1. The van der Waals surface area contributed by atoms with Crippen LogP contribution in [0.4, 0.5) is 11.4 Å². The lowest BCUT2D eigenvalue weighted by atomic mass is 10.3. The Bertz CT molecular complexity index is 752. The highest BCUT2D eigenvalue weighted by atomic mass is 16.5. The van der Waals surface area contributed by atoms with Crippen LogP contribution in [-0.4, -0.2) is 29.3 Å². The van der Waals surface area contributed by atoms with Crippen LogP contribution in [0.25, 0.3) is 0 Å². The van der Waals surface area contributed by atoms with Gasteiger partial charge in [-0.05, 0) is 43.3 Å². The molecule has 25 heavy (non-hydrogen) atoms. The van der Waals surface area contributed by atoms with Crippen LogP contribution in [0.15, 0.2) is 76.3 Å². The van der Waals surface area contributed by atoms with E-state index in [-0.39, 0.29) is 24.7 Å². The van der Waals surface area contributed by atoms with Gasteiger partial charge in [-0.3, -0.25) is 4.79 Å². The molecular weight excluding hydrogens is 322 g/mol. The highest BCUT2D eigenvalue weighted by Crippen LogP contribution is 2.18.